The summed E-state index contributed by atoms with van der Waals surface area (Å²) in [7, 11) is 0. The maximum Gasteiger partial charge on any atom is 0.258 e. The van der Waals surface area contributed by atoms with E-state index in [1.54, 1.807) is 13.8 Å². The summed E-state index contributed by atoms with van der Waals surface area (Å²) < 4.78 is 28.7. The van der Waals surface area contributed by atoms with Crippen LogP contribution in [0.5, 0.6) is 0 Å². The van der Waals surface area contributed by atoms with Gasteiger partial charge in [-0.2, -0.15) is 0 Å². The summed E-state index contributed by atoms with van der Waals surface area (Å²) in [5, 5.41) is 0. The average Bonchev–Trinajstić information content (AvgIpc) is 2.95. The lowest BCUT2D eigenvalue weighted by Crippen LogP contribution is -2.58. The first-order chi connectivity index (χ1) is 9.35. The van der Waals surface area contributed by atoms with Crippen LogP contribution in [-0.2, 0) is 28.5 Å². The van der Waals surface area contributed by atoms with Crippen molar-refractivity contribution in [1.29, 1.82) is 0 Å². The second-order valence-electron chi connectivity index (χ2n) is 6.03. The fourth-order valence-corrected chi connectivity index (χ4v) is 3.02. The van der Waals surface area contributed by atoms with Gasteiger partial charge in [-0.15, -0.1) is 0 Å². The number of Topliss-reactive ketones (excluding diaryl/α,β-unsaturated/α-hetero) is 1. The van der Waals surface area contributed by atoms with Crippen LogP contribution in [0.3, 0.4) is 0 Å². The number of ketones is 1. The molecule has 0 radical (unpaired) electrons. The molecule has 0 N–H and O–H groups in total. The summed E-state index contributed by atoms with van der Waals surface area (Å²) in [6, 6.07) is 0. The van der Waals surface area contributed by atoms with E-state index in [4.69, 9.17) is 23.7 Å². The molecule has 6 nitrogen and oxygen atoms in total. The van der Waals surface area contributed by atoms with Gasteiger partial charge in [-0.3, -0.25) is 4.79 Å². The molecule has 3 heterocycles. The Labute approximate surface area is 118 Å². The van der Waals surface area contributed by atoms with Gasteiger partial charge in [0.2, 0.25) is 5.78 Å². The van der Waals surface area contributed by atoms with Gasteiger partial charge in [0.15, 0.2) is 17.7 Å². The Kier molecular flexibility index (Phi) is 3.23. The molecule has 0 amide bonds. The molecular formula is C14H22O6. The number of carbonyl (C=O) groups excluding carboxylic acids is 1. The highest BCUT2D eigenvalue weighted by Crippen LogP contribution is 2.43. The molecule has 0 bridgehead atoms. The molecule has 3 rings (SSSR count). The second kappa shape index (κ2) is 4.48. The predicted molar refractivity (Wildman–Crippen MR) is 67.9 cm³/mol. The largest absolute Gasteiger partial charge is 0.344 e. The number of rotatable bonds is 2. The van der Waals surface area contributed by atoms with Gasteiger partial charge in [-0.1, -0.05) is 13.8 Å². The minimum absolute atomic E-state index is 0.0939. The third-order valence-electron chi connectivity index (χ3n) is 4.26. The van der Waals surface area contributed by atoms with Crippen LogP contribution in [0.4, 0.5) is 0 Å². The molecule has 0 aromatic carbocycles. The zero-order valence-corrected chi connectivity index (χ0v) is 12.4. The summed E-state index contributed by atoms with van der Waals surface area (Å²) in [6.07, 6.45) is 0.390. The lowest BCUT2D eigenvalue weighted by Gasteiger charge is -2.35. The number of carbonyl (C=O) groups is 1. The zero-order valence-electron chi connectivity index (χ0n) is 12.4. The average molecular weight is 286 g/mol. The van der Waals surface area contributed by atoms with Crippen molar-refractivity contribution in [3.8, 4) is 0 Å². The minimum Gasteiger partial charge on any atom is -0.344 e. The first-order valence-corrected chi connectivity index (χ1v) is 7.23. The topological polar surface area (TPSA) is 63.2 Å². The summed E-state index contributed by atoms with van der Waals surface area (Å²) in [5.74, 6) is -3.09. The normalized spacial score (nSPS) is 42.1. The number of ether oxygens (including phenoxy) is 5. The fraction of sp³-hybridized carbons (Fsp3) is 0.929. The summed E-state index contributed by atoms with van der Waals surface area (Å²) >= 11 is 0. The molecule has 0 saturated carbocycles. The zero-order chi connectivity index (χ0) is 14.6. The first-order valence-electron chi connectivity index (χ1n) is 7.23. The highest BCUT2D eigenvalue weighted by atomic mass is 16.8. The van der Waals surface area contributed by atoms with Gasteiger partial charge in [0, 0.05) is 0 Å². The van der Waals surface area contributed by atoms with Crippen LogP contribution in [0.15, 0.2) is 0 Å². The van der Waals surface area contributed by atoms with Crippen molar-refractivity contribution >= 4 is 5.78 Å². The lowest BCUT2D eigenvalue weighted by atomic mass is 9.99. The molecule has 3 aliphatic heterocycles. The van der Waals surface area contributed by atoms with Gasteiger partial charge in [0.25, 0.3) is 5.79 Å². The molecule has 3 atom stereocenters. The van der Waals surface area contributed by atoms with E-state index in [1.165, 1.54) is 0 Å². The van der Waals surface area contributed by atoms with Crippen molar-refractivity contribution in [2.24, 2.45) is 0 Å². The molecule has 6 heteroatoms. The number of hydrogen-bond donors (Lipinski definition) is 0. The fourth-order valence-electron chi connectivity index (χ4n) is 3.02. The molecule has 3 saturated heterocycles. The van der Waals surface area contributed by atoms with Crippen LogP contribution in [0.2, 0.25) is 0 Å². The van der Waals surface area contributed by atoms with Crippen LogP contribution in [-0.4, -0.2) is 48.6 Å². The summed E-state index contributed by atoms with van der Waals surface area (Å²) in [6.45, 7) is 7.87. The van der Waals surface area contributed by atoms with Crippen LogP contribution < -0.4 is 0 Å². The Morgan fingerprint density at radius 2 is 1.85 bits per heavy atom. The minimum atomic E-state index is -1.34. The van der Waals surface area contributed by atoms with E-state index in [0.717, 1.165) is 0 Å². The summed E-state index contributed by atoms with van der Waals surface area (Å²) in [5.41, 5.74) is 0. The molecule has 0 aromatic rings. The van der Waals surface area contributed by atoms with Crippen molar-refractivity contribution in [3.05, 3.63) is 0 Å². The van der Waals surface area contributed by atoms with Gasteiger partial charge in [0.1, 0.15) is 12.7 Å². The lowest BCUT2D eigenvalue weighted by molar-refractivity contribution is -0.263. The molecule has 3 aliphatic rings. The van der Waals surface area contributed by atoms with Gasteiger partial charge in [0.05, 0.1) is 6.61 Å². The van der Waals surface area contributed by atoms with E-state index >= 15 is 0 Å². The highest BCUT2D eigenvalue weighted by molar-refractivity contribution is 5.92. The third-order valence-corrected chi connectivity index (χ3v) is 4.26. The SMILES string of the molecule is CCC1(CC)O[C@@H]2CO[C@]3(COC(C)(C)O3)C(=O)[C@@H]2O1. The molecule has 0 aliphatic carbocycles. The monoisotopic (exact) mass is 286 g/mol. The molecule has 3 fully saturated rings. The summed E-state index contributed by atoms with van der Waals surface area (Å²) in [4.78, 5) is 12.7. The Balaban J connectivity index is 1.82. The Morgan fingerprint density at radius 1 is 1.15 bits per heavy atom. The Bertz CT molecular complexity index is 416. The van der Waals surface area contributed by atoms with Crippen LogP contribution in [0.1, 0.15) is 40.5 Å². The van der Waals surface area contributed by atoms with E-state index in [0.29, 0.717) is 12.8 Å². The highest BCUT2D eigenvalue weighted by Gasteiger charge is 2.63. The number of fused-ring (bicyclic) bond motifs is 1. The first kappa shape index (κ1) is 14.4. The quantitative estimate of drug-likeness (QED) is 0.764. The van der Waals surface area contributed by atoms with E-state index in [9.17, 15) is 4.79 Å². The number of hydrogen-bond acceptors (Lipinski definition) is 6. The van der Waals surface area contributed by atoms with Gasteiger partial charge in [-0.25, -0.2) is 0 Å². The molecular weight excluding hydrogens is 264 g/mol. The van der Waals surface area contributed by atoms with Crippen molar-refractivity contribution < 1.29 is 28.5 Å². The standard InChI is InChI=1S/C14H22O6/c1-5-13(6-2)18-9-7-16-14(11(15)10(9)19-13)8-17-12(3,4)20-14/h9-10H,5-8H2,1-4H3/t9-,10-,14+/m1/s1. The van der Waals surface area contributed by atoms with E-state index < -0.39 is 23.5 Å². The molecule has 20 heavy (non-hydrogen) atoms. The predicted octanol–water partition coefficient (Wildman–Crippen LogP) is 1.37. The van der Waals surface area contributed by atoms with Gasteiger partial charge in [-0.05, 0) is 26.7 Å². The van der Waals surface area contributed by atoms with E-state index in [1.807, 2.05) is 13.8 Å². The van der Waals surface area contributed by atoms with Crippen LogP contribution >= 0.6 is 0 Å². The smallest absolute Gasteiger partial charge is 0.258 e. The maximum absolute atomic E-state index is 12.7. The van der Waals surface area contributed by atoms with Crippen molar-refractivity contribution in [3.63, 3.8) is 0 Å². The van der Waals surface area contributed by atoms with Crippen molar-refractivity contribution in [2.45, 2.75) is 70.1 Å². The molecule has 1 spiro atoms. The van der Waals surface area contributed by atoms with Gasteiger partial charge < -0.3 is 23.7 Å². The van der Waals surface area contributed by atoms with Crippen LogP contribution in [0, 0.1) is 0 Å². The van der Waals surface area contributed by atoms with E-state index in [-0.39, 0.29) is 25.1 Å². The van der Waals surface area contributed by atoms with Gasteiger partial charge >= 0.3 is 0 Å². The van der Waals surface area contributed by atoms with Crippen molar-refractivity contribution in [1.82, 2.24) is 0 Å². The maximum atomic E-state index is 12.7. The van der Waals surface area contributed by atoms with E-state index in [2.05, 4.69) is 0 Å². The van der Waals surface area contributed by atoms with Crippen LogP contribution in [0.25, 0.3) is 0 Å². The third kappa shape index (κ3) is 2.02. The molecule has 0 unspecified atom stereocenters. The van der Waals surface area contributed by atoms with Crippen molar-refractivity contribution in [2.75, 3.05) is 13.2 Å². The molecule has 0 aromatic heterocycles. The Hall–Kier alpha value is -0.530. The second-order valence-corrected chi connectivity index (χ2v) is 6.03. The Morgan fingerprint density at radius 3 is 2.40 bits per heavy atom. The molecule has 114 valence electrons.